The third-order valence-electron chi connectivity index (χ3n) is 3.70. The summed E-state index contributed by atoms with van der Waals surface area (Å²) >= 11 is 0. The molecular weight excluding hydrogens is 280 g/mol. The van der Waals surface area contributed by atoms with E-state index in [4.69, 9.17) is 9.52 Å². The number of rotatable bonds is 6. The van der Waals surface area contributed by atoms with E-state index in [9.17, 15) is 8.42 Å². The van der Waals surface area contributed by atoms with E-state index < -0.39 is 10.0 Å². The van der Waals surface area contributed by atoms with Crippen LogP contribution < -0.4 is 0 Å². The van der Waals surface area contributed by atoms with Crippen molar-refractivity contribution >= 4 is 10.0 Å². The van der Waals surface area contributed by atoms with Gasteiger partial charge in [-0.15, -0.1) is 0 Å². The molecule has 6 nitrogen and oxygen atoms in total. The average molecular weight is 302 g/mol. The summed E-state index contributed by atoms with van der Waals surface area (Å²) in [6.45, 7) is 4.61. The number of aliphatic hydroxyl groups is 1. The fraction of sp³-hybridized carbons (Fsp3) is 0.692. The van der Waals surface area contributed by atoms with Crippen molar-refractivity contribution in [2.24, 2.45) is 0 Å². The van der Waals surface area contributed by atoms with E-state index in [-0.39, 0.29) is 17.3 Å². The molecule has 0 unspecified atom stereocenters. The molecule has 0 aliphatic carbocycles. The number of sulfonamides is 1. The van der Waals surface area contributed by atoms with Crippen LogP contribution in [-0.4, -0.2) is 56.0 Å². The quantitative estimate of drug-likeness (QED) is 0.841. The van der Waals surface area contributed by atoms with Crippen molar-refractivity contribution in [3.05, 3.63) is 17.6 Å². The van der Waals surface area contributed by atoms with Crippen LogP contribution in [0.15, 0.2) is 15.4 Å². The van der Waals surface area contributed by atoms with Crippen molar-refractivity contribution in [3.63, 3.8) is 0 Å². The van der Waals surface area contributed by atoms with Crippen molar-refractivity contribution in [1.29, 1.82) is 0 Å². The molecule has 1 aliphatic heterocycles. The van der Waals surface area contributed by atoms with Crippen LogP contribution >= 0.6 is 0 Å². The Morgan fingerprint density at radius 2 is 2.05 bits per heavy atom. The Kier molecular flexibility index (Phi) is 4.85. The number of aliphatic hydroxyl groups excluding tert-OH is 1. The van der Waals surface area contributed by atoms with Gasteiger partial charge in [0.15, 0.2) is 0 Å². The molecule has 1 saturated heterocycles. The Bertz CT molecular complexity index is 547. The van der Waals surface area contributed by atoms with Crippen LogP contribution in [0.2, 0.25) is 0 Å². The van der Waals surface area contributed by atoms with E-state index >= 15 is 0 Å². The largest absolute Gasteiger partial charge is 0.462 e. The van der Waals surface area contributed by atoms with Crippen molar-refractivity contribution in [2.75, 3.05) is 33.2 Å². The van der Waals surface area contributed by atoms with Crippen molar-refractivity contribution < 1.29 is 17.9 Å². The molecule has 1 fully saturated rings. The van der Waals surface area contributed by atoms with Crippen molar-refractivity contribution in [3.8, 4) is 0 Å². The summed E-state index contributed by atoms with van der Waals surface area (Å²) in [5.41, 5.74) is 0. The topological polar surface area (TPSA) is 74.0 Å². The fourth-order valence-electron chi connectivity index (χ4n) is 2.43. The Morgan fingerprint density at radius 1 is 1.40 bits per heavy atom. The summed E-state index contributed by atoms with van der Waals surface area (Å²) in [5.74, 6) is 0.594. The predicted molar refractivity (Wildman–Crippen MR) is 74.9 cm³/mol. The second-order valence-corrected chi connectivity index (χ2v) is 7.18. The number of furan rings is 1. The summed E-state index contributed by atoms with van der Waals surface area (Å²) in [6, 6.07) is 1.40. The number of aryl methyl sites for hydroxylation is 1. The first-order valence-electron chi connectivity index (χ1n) is 6.84. The standard InChI is InChI=1S/C13H22N2O4S/c1-11-13(9-12(10-16)19-11)20(17,18)14(2)7-8-15-5-3-4-6-15/h9,16H,3-8,10H2,1-2H3. The highest BCUT2D eigenvalue weighted by molar-refractivity contribution is 7.89. The molecule has 1 aromatic rings. The predicted octanol–water partition coefficient (Wildman–Crippen LogP) is 0.797. The SMILES string of the molecule is Cc1oc(CO)cc1S(=O)(=O)N(C)CCN1CCCC1. The molecule has 1 aromatic heterocycles. The lowest BCUT2D eigenvalue weighted by Crippen LogP contribution is -2.35. The van der Waals surface area contributed by atoms with Crippen LogP contribution in [0.25, 0.3) is 0 Å². The summed E-state index contributed by atoms with van der Waals surface area (Å²) < 4.78 is 31.5. The number of likely N-dealkylation sites (N-methyl/N-ethyl adjacent to an activating group) is 1. The molecule has 7 heteroatoms. The van der Waals surface area contributed by atoms with Gasteiger partial charge in [-0.1, -0.05) is 0 Å². The highest BCUT2D eigenvalue weighted by Crippen LogP contribution is 2.23. The van der Waals surface area contributed by atoms with Gasteiger partial charge in [0.1, 0.15) is 23.0 Å². The second-order valence-electron chi connectivity index (χ2n) is 5.17. The maximum Gasteiger partial charge on any atom is 0.246 e. The summed E-state index contributed by atoms with van der Waals surface area (Å²) in [6.07, 6.45) is 2.38. The number of hydrogen-bond acceptors (Lipinski definition) is 5. The van der Waals surface area contributed by atoms with Gasteiger partial charge in [-0.2, -0.15) is 4.31 Å². The first-order chi connectivity index (χ1) is 9.45. The van der Waals surface area contributed by atoms with E-state index in [0.717, 1.165) is 19.6 Å². The molecule has 0 radical (unpaired) electrons. The Morgan fingerprint density at radius 3 is 2.60 bits per heavy atom. The molecule has 2 heterocycles. The lowest BCUT2D eigenvalue weighted by Gasteiger charge is -2.20. The van der Waals surface area contributed by atoms with E-state index in [0.29, 0.717) is 12.3 Å². The van der Waals surface area contributed by atoms with Crippen LogP contribution in [0.1, 0.15) is 24.4 Å². The van der Waals surface area contributed by atoms with Gasteiger partial charge in [-0.05, 0) is 32.9 Å². The van der Waals surface area contributed by atoms with Crippen LogP contribution in [0.3, 0.4) is 0 Å². The third kappa shape index (κ3) is 3.22. The smallest absolute Gasteiger partial charge is 0.246 e. The number of likely N-dealkylation sites (tertiary alicyclic amines) is 1. The minimum Gasteiger partial charge on any atom is -0.462 e. The molecule has 0 bridgehead atoms. The summed E-state index contributed by atoms with van der Waals surface area (Å²) in [5, 5.41) is 9.02. The molecule has 1 N–H and O–H groups in total. The van der Waals surface area contributed by atoms with Crippen molar-refractivity contribution in [1.82, 2.24) is 9.21 Å². The van der Waals surface area contributed by atoms with E-state index in [1.165, 1.54) is 23.2 Å². The Labute approximate surface area is 120 Å². The third-order valence-corrected chi connectivity index (χ3v) is 5.66. The van der Waals surface area contributed by atoms with Gasteiger partial charge in [0.25, 0.3) is 0 Å². The Hall–Kier alpha value is -0.890. The zero-order chi connectivity index (χ0) is 14.8. The summed E-state index contributed by atoms with van der Waals surface area (Å²) in [4.78, 5) is 2.42. The molecule has 0 spiro atoms. The molecule has 0 atom stereocenters. The van der Waals surface area contributed by atoms with Crippen LogP contribution in [0.5, 0.6) is 0 Å². The molecule has 20 heavy (non-hydrogen) atoms. The minimum absolute atomic E-state index is 0.144. The molecule has 0 aromatic carbocycles. The average Bonchev–Trinajstić information content (AvgIpc) is 3.04. The van der Waals surface area contributed by atoms with Gasteiger partial charge in [0.05, 0.1) is 0 Å². The minimum atomic E-state index is -3.55. The van der Waals surface area contributed by atoms with Crippen molar-refractivity contribution in [2.45, 2.75) is 31.3 Å². The van der Waals surface area contributed by atoms with Crippen LogP contribution in [-0.2, 0) is 16.6 Å². The maximum absolute atomic E-state index is 12.5. The molecule has 1 aliphatic rings. The Balaban J connectivity index is 2.05. The van der Waals surface area contributed by atoms with Crippen LogP contribution in [0, 0.1) is 6.92 Å². The van der Waals surface area contributed by atoms with Gasteiger partial charge < -0.3 is 14.4 Å². The molecule has 0 saturated carbocycles. The van der Waals surface area contributed by atoms with Gasteiger partial charge in [-0.3, -0.25) is 0 Å². The lowest BCUT2D eigenvalue weighted by atomic mass is 10.4. The van der Waals surface area contributed by atoms with Gasteiger partial charge in [0, 0.05) is 26.2 Å². The second kappa shape index (κ2) is 6.26. The fourth-order valence-corrected chi connectivity index (χ4v) is 3.78. The van der Waals surface area contributed by atoms with E-state index in [2.05, 4.69) is 4.90 Å². The van der Waals surface area contributed by atoms with Gasteiger partial charge >= 0.3 is 0 Å². The first-order valence-corrected chi connectivity index (χ1v) is 8.28. The van der Waals surface area contributed by atoms with Gasteiger partial charge in [0.2, 0.25) is 10.0 Å². The first kappa shape index (κ1) is 15.5. The highest BCUT2D eigenvalue weighted by Gasteiger charge is 2.26. The molecule has 2 rings (SSSR count). The number of nitrogens with zero attached hydrogens (tertiary/aromatic N) is 2. The molecule has 0 amide bonds. The monoisotopic (exact) mass is 302 g/mol. The van der Waals surface area contributed by atoms with E-state index in [1.807, 2.05) is 0 Å². The number of hydrogen-bond donors (Lipinski definition) is 1. The normalized spacial score (nSPS) is 17.2. The van der Waals surface area contributed by atoms with Gasteiger partial charge in [-0.25, -0.2) is 8.42 Å². The highest BCUT2D eigenvalue weighted by atomic mass is 32.2. The van der Waals surface area contributed by atoms with E-state index in [1.54, 1.807) is 14.0 Å². The summed E-state index contributed by atoms with van der Waals surface area (Å²) in [7, 11) is -1.97. The lowest BCUT2D eigenvalue weighted by molar-refractivity contribution is 0.244. The maximum atomic E-state index is 12.5. The van der Waals surface area contributed by atoms with Crippen LogP contribution in [0.4, 0.5) is 0 Å². The molecular formula is C13H22N2O4S. The zero-order valence-corrected chi connectivity index (χ0v) is 12.8. The molecule has 114 valence electrons. The zero-order valence-electron chi connectivity index (χ0n) is 12.0.